The zero-order valence-electron chi connectivity index (χ0n) is 17.7. The largest absolute Gasteiger partial charge is 0.352 e. The second-order valence-corrected chi connectivity index (χ2v) is 9.28. The number of carbonyl (C=O) groups excluding carboxylic acids is 2. The first kappa shape index (κ1) is 24.6. The van der Waals surface area contributed by atoms with Crippen LogP contribution in [0.5, 0.6) is 0 Å². The molecule has 162 valence electrons. The summed E-state index contributed by atoms with van der Waals surface area (Å²) in [5, 5.41) is 4.07. The quantitative estimate of drug-likeness (QED) is 0.532. The van der Waals surface area contributed by atoms with Gasteiger partial charge in [-0.25, -0.2) is 0 Å². The fraction of sp³-hybridized carbons (Fsp3) is 0.391. The van der Waals surface area contributed by atoms with Crippen molar-refractivity contribution in [2.24, 2.45) is 0 Å². The van der Waals surface area contributed by atoms with Crippen molar-refractivity contribution in [3.8, 4) is 0 Å². The lowest BCUT2D eigenvalue weighted by Gasteiger charge is -2.30. The Morgan fingerprint density at radius 2 is 1.67 bits per heavy atom. The number of nitrogens with zero attached hydrogens (tertiary/aromatic N) is 1. The van der Waals surface area contributed by atoms with Gasteiger partial charge in [0, 0.05) is 28.4 Å². The molecule has 0 aromatic heterocycles. The topological polar surface area (TPSA) is 49.4 Å². The molecule has 0 unspecified atom stereocenters. The molecular weight excluding hydrogens is 439 g/mol. The summed E-state index contributed by atoms with van der Waals surface area (Å²) in [6.45, 7) is 7.96. The molecule has 0 aliphatic rings. The lowest BCUT2D eigenvalue weighted by molar-refractivity contribution is -0.138. The summed E-state index contributed by atoms with van der Waals surface area (Å²) >= 11 is 13.9. The highest BCUT2D eigenvalue weighted by molar-refractivity contribution is 7.99. The molecular formula is C23H28Cl2N2O2S. The fourth-order valence-electron chi connectivity index (χ4n) is 2.95. The van der Waals surface area contributed by atoms with Crippen LogP contribution in [0.25, 0.3) is 0 Å². The van der Waals surface area contributed by atoms with Crippen LogP contribution in [-0.2, 0) is 21.9 Å². The van der Waals surface area contributed by atoms with Gasteiger partial charge in [0.2, 0.25) is 11.8 Å². The summed E-state index contributed by atoms with van der Waals surface area (Å²) < 4.78 is 0. The van der Waals surface area contributed by atoms with Crippen LogP contribution < -0.4 is 5.32 Å². The van der Waals surface area contributed by atoms with Gasteiger partial charge in [-0.15, -0.1) is 11.8 Å². The first-order chi connectivity index (χ1) is 14.2. The Bertz CT molecular complexity index is 869. The Morgan fingerprint density at radius 1 is 1.03 bits per heavy atom. The number of hydrogen-bond acceptors (Lipinski definition) is 3. The highest BCUT2D eigenvalue weighted by atomic mass is 35.5. The van der Waals surface area contributed by atoms with Crippen molar-refractivity contribution in [2.75, 3.05) is 5.75 Å². The van der Waals surface area contributed by atoms with Gasteiger partial charge in [-0.05, 0) is 56.5 Å². The maximum absolute atomic E-state index is 13.1. The molecule has 1 N–H and O–H groups in total. The van der Waals surface area contributed by atoms with Gasteiger partial charge in [-0.1, -0.05) is 53.5 Å². The highest BCUT2D eigenvalue weighted by Crippen LogP contribution is 2.28. The summed E-state index contributed by atoms with van der Waals surface area (Å²) in [6, 6.07) is 12.7. The molecule has 2 amide bonds. The third-order valence-electron chi connectivity index (χ3n) is 4.73. The zero-order chi connectivity index (χ0) is 22.3. The fourth-order valence-corrected chi connectivity index (χ4v) is 4.60. The molecule has 2 aromatic rings. The zero-order valence-corrected chi connectivity index (χ0v) is 20.1. The molecule has 0 fully saturated rings. The van der Waals surface area contributed by atoms with Gasteiger partial charge < -0.3 is 10.2 Å². The molecule has 0 heterocycles. The maximum atomic E-state index is 13.1. The van der Waals surface area contributed by atoms with Gasteiger partial charge in [0.1, 0.15) is 6.04 Å². The van der Waals surface area contributed by atoms with Crippen molar-refractivity contribution in [3.05, 3.63) is 69.2 Å². The number of halogens is 2. The average Bonchev–Trinajstić information content (AvgIpc) is 2.68. The number of rotatable bonds is 9. The van der Waals surface area contributed by atoms with E-state index in [-0.39, 0.29) is 23.6 Å². The van der Waals surface area contributed by atoms with E-state index in [9.17, 15) is 9.59 Å². The lowest BCUT2D eigenvalue weighted by Crippen LogP contribution is -2.49. The summed E-state index contributed by atoms with van der Waals surface area (Å²) in [5.41, 5.74) is 2.92. The molecule has 0 aliphatic carbocycles. The first-order valence-corrected chi connectivity index (χ1v) is 11.8. The van der Waals surface area contributed by atoms with E-state index in [1.54, 1.807) is 30.0 Å². The van der Waals surface area contributed by atoms with Crippen LogP contribution in [0.1, 0.15) is 37.5 Å². The van der Waals surface area contributed by atoms with Crippen LogP contribution in [0.2, 0.25) is 10.0 Å². The molecule has 2 rings (SSSR count). The van der Waals surface area contributed by atoms with Crippen LogP contribution in [0, 0.1) is 6.92 Å². The maximum Gasteiger partial charge on any atom is 0.242 e. The molecule has 0 spiro atoms. The van der Waals surface area contributed by atoms with E-state index in [1.807, 2.05) is 45.0 Å². The summed E-state index contributed by atoms with van der Waals surface area (Å²) in [5.74, 6) is 0.491. The van der Waals surface area contributed by atoms with Crippen LogP contribution in [0.3, 0.4) is 0 Å². The Balaban J connectivity index is 2.13. The molecule has 2 aromatic carbocycles. The Kier molecular flexibility index (Phi) is 9.53. The molecule has 30 heavy (non-hydrogen) atoms. The molecule has 1 atom stereocenters. The second-order valence-electron chi connectivity index (χ2n) is 7.48. The first-order valence-electron chi connectivity index (χ1n) is 9.85. The number of aryl methyl sites for hydroxylation is 1. The summed E-state index contributed by atoms with van der Waals surface area (Å²) in [7, 11) is 0. The Labute approximate surface area is 193 Å². The van der Waals surface area contributed by atoms with Crippen molar-refractivity contribution < 1.29 is 9.59 Å². The highest BCUT2D eigenvalue weighted by Gasteiger charge is 2.26. The van der Waals surface area contributed by atoms with Gasteiger partial charge in [-0.2, -0.15) is 0 Å². The van der Waals surface area contributed by atoms with Gasteiger partial charge in [-0.3, -0.25) is 9.59 Å². The van der Waals surface area contributed by atoms with E-state index in [1.165, 1.54) is 11.8 Å². The minimum absolute atomic E-state index is 0.00658. The Hall–Kier alpha value is -1.69. The van der Waals surface area contributed by atoms with Gasteiger partial charge in [0.15, 0.2) is 0 Å². The molecule has 0 aliphatic heterocycles. The van der Waals surface area contributed by atoms with E-state index in [0.717, 1.165) is 16.7 Å². The molecule has 0 saturated carbocycles. The molecule has 4 nitrogen and oxygen atoms in total. The van der Waals surface area contributed by atoms with Crippen molar-refractivity contribution >= 4 is 46.8 Å². The standard InChI is InChI=1S/C23H28Cl2N2O2S/c1-15(2)26-23(29)17(4)27(12-18-9-6-5-8-16(18)3)22(28)14-30-13-19-20(24)10-7-11-21(19)25/h5-11,15,17H,12-14H2,1-4H3,(H,26,29)/t17-/m1/s1. The van der Waals surface area contributed by atoms with E-state index in [0.29, 0.717) is 22.3 Å². The molecule has 0 radical (unpaired) electrons. The molecule has 0 bridgehead atoms. The van der Waals surface area contributed by atoms with Crippen molar-refractivity contribution in [1.82, 2.24) is 10.2 Å². The number of carbonyl (C=O) groups is 2. The average molecular weight is 467 g/mol. The summed E-state index contributed by atoms with van der Waals surface area (Å²) in [6.07, 6.45) is 0. The van der Waals surface area contributed by atoms with Crippen LogP contribution >= 0.6 is 35.0 Å². The SMILES string of the molecule is Cc1ccccc1CN(C(=O)CSCc1c(Cl)cccc1Cl)[C@H](C)C(=O)NC(C)C. The smallest absolute Gasteiger partial charge is 0.242 e. The van der Waals surface area contributed by atoms with E-state index in [4.69, 9.17) is 23.2 Å². The summed E-state index contributed by atoms with van der Waals surface area (Å²) in [4.78, 5) is 27.4. The van der Waals surface area contributed by atoms with E-state index >= 15 is 0 Å². The third kappa shape index (κ3) is 6.93. The normalized spacial score (nSPS) is 12.0. The van der Waals surface area contributed by atoms with Gasteiger partial charge in [0.05, 0.1) is 5.75 Å². The van der Waals surface area contributed by atoms with Gasteiger partial charge in [0.25, 0.3) is 0 Å². The number of amides is 2. The monoisotopic (exact) mass is 466 g/mol. The van der Waals surface area contributed by atoms with Crippen molar-refractivity contribution in [1.29, 1.82) is 0 Å². The van der Waals surface area contributed by atoms with E-state index < -0.39 is 6.04 Å². The number of thioether (sulfide) groups is 1. The number of nitrogens with one attached hydrogen (secondary N) is 1. The predicted octanol–water partition coefficient (Wildman–Crippen LogP) is 5.48. The van der Waals surface area contributed by atoms with Crippen LogP contribution in [-0.4, -0.2) is 34.6 Å². The number of benzene rings is 2. The van der Waals surface area contributed by atoms with Crippen LogP contribution in [0.15, 0.2) is 42.5 Å². The second kappa shape index (κ2) is 11.6. The van der Waals surface area contributed by atoms with Crippen LogP contribution in [0.4, 0.5) is 0 Å². The van der Waals surface area contributed by atoms with E-state index in [2.05, 4.69) is 5.32 Å². The predicted molar refractivity (Wildman–Crippen MR) is 127 cm³/mol. The minimum Gasteiger partial charge on any atom is -0.352 e. The molecule has 0 saturated heterocycles. The Morgan fingerprint density at radius 3 is 2.27 bits per heavy atom. The van der Waals surface area contributed by atoms with Gasteiger partial charge >= 0.3 is 0 Å². The lowest BCUT2D eigenvalue weighted by atomic mass is 10.1. The number of hydrogen-bond donors (Lipinski definition) is 1. The minimum atomic E-state index is -0.580. The van der Waals surface area contributed by atoms with Crippen molar-refractivity contribution in [3.63, 3.8) is 0 Å². The third-order valence-corrected chi connectivity index (χ3v) is 6.39. The molecule has 7 heteroatoms. The van der Waals surface area contributed by atoms with Crippen molar-refractivity contribution in [2.45, 2.75) is 52.1 Å².